The van der Waals surface area contributed by atoms with Gasteiger partial charge in [-0.2, -0.15) is 0 Å². The maximum absolute atomic E-state index is 13.0. The van der Waals surface area contributed by atoms with E-state index >= 15 is 0 Å². The molecule has 0 radical (unpaired) electrons. The summed E-state index contributed by atoms with van der Waals surface area (Å²) in [5, 5.41) is 16.2. The summed E-state index contributed by atoms with van der Waals surface area (Å²) in [4.78, 5) is 7.00. The third-order valence-electron chi connectivity index (χ3n) is 7.08. The average molecular weight is 556 g/mol. The molecule has 0 aliphatic heterocycles. The van der Waals surface area contributed by atoms with Crippen molar-refractivity contribution in [2.75, 3.05) is 27.7 Å². The Hall–Kier alpha value is -3.25. The molecule has 4 aromatic carbocycles. The van der Waals surface area contributed by atoms with Gasteiger partial charge in [-0.05, 0) is 66.7 Å². The molecular formula is C32H31BrN2O2. The van der Waals surface area contributed by atoms with E-state index < -0.39 is 11.5 Å². The average Bonchev–Trinajstić information content (AvgIpc) is 2.92. The second kappa shape index (κ2) is 10.6. The number of aliphatic hydroxyl groups is 1. The van der Waals surface area contributed by atoms with Crippen LogP contribution in [0.15, 0.2) is 102 Å². The first kappa shape index (κ1) is 25.4. The number of nitrogens with zero attached hydrogens (tertiary/aromatic N) is 2. The molecule has 0 saturated heterocycles. The number of aromatic nitrogens is 1. The molecule has 5 heteroatoms. The number of rotatable bonds is 8. The van der Waals surface area contributed by atoms with Crippen molar-refractivity contribution in [1.29, 1.82) is 0 Å². The monoisotopic (exact) mass is 554 g/mol. The summed E-state index contributed by atoms with van der Waals surface area (Å²) in [6, 6.07) is 32.8. The quantitative estimate of drug-likeness (QED) is 0.221. The van der Waals surface area contributed by atoms with E-state index in [1.165, 1.54) is 0 Å². The van der Waals surface area contributed by atoms with Gasteiger partial charge in [-0.3, -0.25) is 0 Å². The fourth-order valence-corrected chi connectivity index (χ4v) is 5.68. The summed E-state index contributed by atoms with van der Waals surface area (Å²) in [6.45, 7) is 0.706. The van der Waals surface area contributed by atoms with Crippen molar-refractivity contribution < 1.29 is 9.84 Å². The molecule has 2 atom stereocenters. The van der Waals surface area contributed by atoms with E-state index in [-0.39, 0.29) is 0 Å². The molecule has 0 aliphatic carbocycles. The topological polar surface area (TPSA) is 45.6 Å². The van der Waals surface area contributed by atoms with Gasteiger partial charge in [-0.25, -0.2) is 4.98 Å². The first-order valence-corrected chi connectivity index (χ1v) is 13.2. The second-order valence-electron chi connectivity index (χ2n) is 9.77. The van der Waals surface area contributed by atoms with E-state index in [2.05, 4.69) is 69.4 Å². The first-order chi connectivity index (χ1) is 17.9. The third kappa shape index (κ3) is 4.99. The SMILES string of the molecule is COc1nc2ccc(Br)cc2cc1[C@@H](c1ccccc1)C(O)(CCN(C)C)c1cccc2ccccc12. The van der Waals surface area contributed by atoms with Crippen LogP contribution in [0.1, 0.15) is 29.0 Å². The Balaban J connectivity index is 1.84. The smallest absolute Gasteiger partial charge is 0.217 e. The van der Waals surface area contributed by atoms with E-state index in [0.29, 0.717) is 18.8 Å². The predicted octanol–water partition coefficient (Wildman–Crippen LogP) is 7.13. The molecular weight excluding hydrogens is 524 g/mol. The van der Waals surface area contributed by atoms with Crippen LogP contribution in [0.2, 0.25) is 0 Å². The summed E-state index contributed by atoms with van der Waals surface area (Å²) in [7, 11) is 5.73. The van der Waals surface area contributed by atoms with Gasteiger partial charge in [0.15, 0.2) is 0 Å². The molecule has 0 aliphatic rings. The largest absolute Gasteiger partial charge is 0.481 e. The lowest BCUT2D eigenvalue weighted by Crippen LogP contribution is -2.38. The molecule has 37 heavy (non-hydrogen) atoms. The van der Waals surface area contributed by atoms with E-state index in [4.69, 9.17) is 9.72 Å². The molecule has 1 unspecified atom stereocenters. The second-order valence-corrected chi connectivity index (χ2v) is 10.7. The molecule has 0 saturated carbocycles. The zero-order valence-electron chi connectivity index (χ0n) is 21.4. The van der Waals surface area contributed by atoms with Crippen molar-refractivity contribution in [2.24, 2.45) is 0 Å². The molecule has 1 aromatic heterocycles. The normalized spacial score (nSPS) is 14.1. The lowest BCUT2D eigenvalue weighted by atomic mass is 9.70. The van der Waals surface area contributed by atoms with Gasteiger partial charge in [0.05, 0.1) is 12.6 Å². The van der Waals surface area contributed by atoms with Gasteiger partial charge in [0.25, 0.3) is 0 Å². The Labute approximate surface area is 226 Å². The minimum Gasteiger partial charge on any atom is -0.481 e. The maximum atomic E-state index is 13.0. The molecule has 1 heterocycles. The maximum Gasteiger partial charge on any atom is 0.217 e. The van der Waals surface area contributed by atoms with Gasteiger partial charge in [0.1, 0.15) is 5.60 Å². The molecule has 0 bridgehead atoms. The molecule has 0 fully saturated rings. The summed E-state index contributed by atoms with van der Waals surface area (Å²) < 4.78 is 6.86. The molecule has 0 spiro atoms. The van der Waals surface area contributed by atoms with Gasteiger partial charge < -0.3 is 14.7 Å². The number of pyridine rings is 1. The Bertz CT molecular complexity index is 1530. The summed E-state index contributed by atoms with van der Waals surface area (Å²) in [5.41, 5.74) is 2.36. The van der Waals surface area contributed by atoms with Gasteiger partial charge in [-0.15, -0.1) is 0 Å². The van der Waals surface area contributed by atoms with Crippen LogP contribution in [0.25, 0.3) is 21.7 Å². The van der Waals surface area contributed by atoms with Crippen LogP contribution >= 0.6 is 15.9 Å². The molecule has 4 nitrogen and oxygen atoms in total. The summed E-state index contributed by atoms with van der Waals surface area (Å²) >= 11 is 3.60. The molecule has 188 valence electrons. The Morgan fingerprint density at radius 2 is 1.62 bits per heavy atom. The van der Waals surface area contributed by atoms with Crippen LogP contribution in [0.5, 0.6) is 5.88 Å². The van der Waals surface area contributed by atoms with Crippen molar-refractivity contribution in [3.8, 4) is 5.88 Å². The van der Waals surface area contributed by atoms with Gasteiger partial charge >= 0.3 is 0 Å². The Kier molecular flexibility index (Phi) is 7.29. The Morgan fingerprint density at radius 3 is 2.38 bits per heavy atom. The number of methoxy groups -OCH3 is 1. The number of halogens is 1. The zero-order valence-corrected chi connectivity index (χ0v) is 22.9. The van der Waals surface area contributed by atoms with E-state index in [9.17, 15) is 5.11 Å². The van der Waals surface area contributed by atoms with Crippen LogP contribution in [-0.2, 0) is 5.60 Å². The number of benzene rings is 4. The van der Waals surface area contributed by atoms with Crippen LogP contribution in [-0.4, -0.2) is 42.7 Å². The van der Waals surface area contributed by atoms with Crippen LogP contribution in [0.3, 0.4) is 0 Å². The number of ether oxygens (including phenoxy) is 1. The minimum absolute atomic E-state index is 0.426. The highest BCUT2D eigenvalue weighted by Gasteiger charge is 2.43. The molecule has 5 rings (SSSR count). The van der Waals surface area contributed by atoms with Crippen molar-refractivity contribution in [3.63, 3.8) is 0 Å². The first-order valence-electron chi connectivity index (χ1n) is 12.4. The predicted molar refractivity (Wildman–Crippen MR) is 155 cm³/mol. The van der Waals surface area contributed by atoms with Crippen LogP contribution in [0, 0.1) is 0 Å². The van der Waals surface area contributed by atoms with E-state index in [1.54, 1.807) is 7.11 Å². The highest BCUT2D eigenvalue weighted by molar-refractivity contribution is 9.10. The molecule has 0 amide bonds. The van der Waals surface area contributed by atoms with Gasteiger partial charge in [-0.1, -0.05) is 88.7 Å². The number of hydrogen-bond donors (Lipinski definition) is 1. The van der Waals surface area contributed by atoms with Crippen molar-refractivity contribution >= 4 is 37.6 Å². The Morgan fingerprint density at radius 1 is 0.892 bits per heavy atom. The van der Waals surface area contributed by atoms with Crippen molar-refractivity contribution in [1.82, 2.24) is 9.88 Å². The van der Waals surface area contributed by atoms with Crippen LogP contribution in [0.4, 0.5) is 0 Å². The van der Waals surface area contributed by atoms with Gasteiger partial charge in [0, 0.05) is 27.9 Å². The van der Waals surface area contributed by atoms with Crippen LogP contribution < -0.4 is 4.74 Å². The highest BCUT2D eigenvalue weighted by atomic mass is 79.9. The fourth-order valence-electron chi connectivity index (χ4n) is 5.31. The fraction of sp³-hybridized carbons (Fsp3) is 0.219. The van der Waals surface area contributed by atoms with Gasteiger partial charge in [0.2, 0.25) is 5.88 Å². The summed E-state index contributed by atoms with van der Waals surface area (Å²) in [5.74, 6) is 0.0949. The zero-order chi connectivity index (χ0) is 26.0. The number of fused-ring (bicyclic) bond motifs is 2. The van der Waals surface area contributed by atoms with Crippen molar-refractivity contribution in [3.05, 3.63) is 118 Å². The molecule has 5 aromatic rings. The lowest BCUT2D eigenvalue weighted by molar-refractivity contribution is 0.00520. The minimum atomic E-state index is -1.25. The van der Waals surface area contributed by atoms with Crippen molar-refractivity contribution in [2.45, 2.75) is 17.9 Å². The summed E-state index contributed by atoms with van der Waals surface area (Å²) in [6.07, 6.45) is 0.521. The molecule has 1 N–H and O–H groups in total. The standard InChI is InChI=1S/C32H31BrN2O2/c1-35(2)19-18-32(36,28-15-9-13-22-10-7-8-14-26(22)28)30(23-11-5-4-6-12-23)27-21-24-20-25(33)16-17-29(24)34-31(27)37-3/h4-17,20-21,30,36H,18-19H2,1-3H3/t30-,32?/m1/s1. The number of hydrogen-bond acceptors (Lipinski definition) is 4. The van der Waals surface area contributed by atoms with E-state index in [1.807, 2.05) is 62.6 Å². The highest BCUT2D eigenvalue weighted by Crippen LogP contribution is 2.49. The third-order valence-corrected chi connectivity index (χ3v) is 7.57. The lowest BCUT2D eigenvalue weighted by Gasteiger charge is -2.39. The van der Waals surface area contributed by atoms with E-state index in [0.717, 1.165) is 42.8 Å².